The molecule has 0 radical (unpaired) electrons. The van der Waals surface area contributed by atoms with Gasteiger partial charge in [-0.05, 0) is 29.5 Å². The molecular formula is C7H7N3O2S. The minimum Gasteiger partial charge on any atom is -0.508 e. The second-order valence-electron chi connectivity index (χ2n) is 2.21. The van der Waals surface area contributed by atoms with Crippen molar-refractivity contribution in [3.63, 3.8) is 0 Å². The summed E-state index contributed by atoms with van der Waals surface area (Å²) < 4.78 is 3.64. The van der Waals surface area contributed by atoms with E-state index in [1.54, 1.807) is 24.3 Å². The Balaban J connectivity index is 0.000000845. The molecule has 0 fully saturated rings. The molecule has 1 aromatic heterocycles. The Labute approximate surface area is 78.1 Å². The van der Waals surface area contributed by atoms with Crippen molar-refractivity contribution in [2.45, 2.75) is 0 Å². The van der Waals surface area contributed by atoms with Crippen LogP contribution < -0.4 is 0 Å². The lowest BCUT2D eigenvalue weighted by Crippen LogP contribution is -1.75. The van der Waals surface area contributed by atoms with E-state index in [0.717, 1.165) is 10.6 Å². The molecule has 0 aliphatic carbocycles. The van der Waals surface area contributed by atoms with Crippen LogP contribution in [0.4, 0.5) is 0 Å². The Hall–Kier alpha value is -1.53. The molecule has 13 heavy (non-hydrogen) atoms. The molecule has 1 aromatic carbocycles. The zero-order valence-electron chi connectivity index (χ0n) is 6.51. The maximum Gasteiger partial charge on any atom is 0.168 e. The van der Waals surface area contributed by atoms with Crippen molar-refractivity contribution in [2.24, 2.45) is 0 Å². The highest BCUT2D eigenvalue weighted by atomic mass is 32.1. The van der Waals surface area contributed by atoms with E-state index in [1.807, 2.05) is 0 Å². The number of phenolic OH excluding ortho intramolecular Hbond substituents is 1. The van der Waals surface area contributed by atoms with Crippen molar-refractivity contribution in [1.82, 2.24) is 14.8 Å². The second-order valence-corrected chi connectivity index (χ2v) is 2.95. The summed E-state index contributed by atoms with van der Waals surface area (Å²) in [5.41, 5.74) is 0.919. The molecule has 0 saturated heterocycles. The topological polar surface area (TPSA) is 90.4 Å². The molecule has 0 amide bonds. The summed E-state index contributed by atoms with van der Waals surface area (Å²) in [7, 11) is 0. The molecule has 68 valence electrons. The number of hydrogen-bond donors (Lipinski definition) is 1. The van der Waals surface area contributed by atoms with Crippen LogP contribution in [0.5, 0.6) is 5.75 Å². The summed E-state index contributed by atoms with van der Waals surface area (Å²) in [6.07, 6.45) is 0. The van der Waals surface area contributed by atoms with Gasteiger partial charge in [0.2, 0.25) is 0 Å². The predicted octanol–water partition coefficient (Wildman–Crippen LogP) is 0.481. The van der Waals surface area contributed by atoms with Gasteiger partial charge in [-0.1, -0.05) is 4.49 Å². The molecule has 3 N–H and O–H groups in total. The van der Waals surface area contributed by atoms with Gasteiger partial charge in [0.1, 0.15) is 5.75 Å². The summed E-state index contributed by atoms with van der Waals surface area (Å²) in [5.74, 6) is 0.247. The molecule has 1 heterocycles. The summed E-state index contributed by atoms with van der Waals surface area (Å²) in [5, 5.41) is 17.0. The van der Waals surface area contributed by atoms with Gasteiger partial charge < -0.3 is 10.6 Å². The number of rotatable bonds is 1. The molecular weight excluding hydrogens is 190 g/mol. The summed E-state index contributed by atoms with van der Waals surface area (Å²) in [4.78, 5) is 0. The van der Waals surface area contributed by atoms with Crippen molar-refractivity contribution in [3.8, 4) is 16.3 Å². The quantitative estimate of drug-likeness (QED) is 0.719. The van der Waals surface area contributed by atoms with Gasteiger partial charge in [0.15, 0.2) is 5.01 Å². The van der Waals surface area contributed by atoms with Crippen molar-refractivity contribution < 1.29 is 10.6 Å². The molecule has 0 aliphatic rings. The Bertz CT molecular complexity index is 360. The zero-order chi connectivity index (χ0) is 8.39. The fraction of sp³-hybridized carbons (Fsp3) is 0. The van der Waals surface area contributed by atoms with Crippen LogP contribution in [0, 0.1) is 0 Å². The minimum absolute atomic E-state index is 0. The van der Waals surface area contributed by atoms with E-state index in [-0.39, 0.29) is 11.2 Å². The molecule has 0 bridgehead atoms. The van der Waals surface area contributed by atoms with Gasteiger partial charge in [0.25, 0.3) is 0 Å². The van der Waals surface area contributed by atoms with E-state index in [9.17, 15) is 0 Å². The highest BCUT2D eigenvalue weighted by Gasteiger charge is 2.00. The van der Waals surface area contributed by atoms with Crippen molar-refractivity contribution in [3.05, 3.63) is 24.3 Å². The third-order valence-corrected chi connectivity index (χ3v) is 2.06. The molecule has 2 rings (SSSR count). The largest absolute Gasteiger partial charge is 0.508 e. The normalized spacial score (nSPS) is 9.23. The van der Waals surface area contributed by atoms with Crippen LogP contribution in [0.15, 0.2) is 24.3 Å². The SMILES string of the molecule is O.Oc1ccc(-c2nnns2)cc1. The van der Waals surface area contributed by atoms with Crippen LogP contribution in [0.3, 0.4) is 0 Å². The van der Waals surface area contributed by atoms with E-state index in [0.29, 0.717) is 0 Å². The molecule has 0 aliphatic heterocycles. The number of hydrogen-bond acceptors (Lipinski definition) is 5. The summed E-state index contributed by atoms with van der Waals surface area (Å²) in [6, 6.07) is 6.77. The van der Waals surface area contributed by atoms with Gasteiger partial charge in [0.05, 0.1) is 0 Å². The van der Waals surface area contributed by atoms with Gasteiger partial charge in [-0.25, -0.2) is 0 Å². The predicted molar refractivity (Wildman–Crippen MR) is 48.4 cm³/mol. The van der Waals surface area contributed by atoms with E-state index >= 15 is 0 Å². The molecule has 0 unspecified atom stereocenters. The van der Waals surface area contributed by atoms with E-state index in [1.165, 1.54) is 11.5 Å². The van der Waals surface area contributed by atoms with Crippen LogP contribution in [-0.4, -0.2) is 25.4 Å². The molecule has 5 nitrogen and oxygen atoms in total. The Morgan fingerprint density at radius 2 is 1.85 bits per heavy atom. The number of aromatic nitrogens is 3. The third-order valence-electron chi connectivity index (χ3n) is 1.41. The average Bonchev–Trinajstić information content (AvgIpc) is 2.58. The molecule has 6 heteroatoms. The second kappa shape index (κ2) is 3.92. The average molecular weight is 197 g/mol. The number of phenols is 1. The third kappa shape index (κ3) is 1.98. The first kappa shape index (κ1) is 9.56. The maximum absolute atomic E-state index is 9.01. The van der Waals surface area contributed by atoms with Gasteiger partial charge >= 0.3 is 0 Å². The van der Waals surface area contributed by atoms with Crippen LogP contribution in [0.25, 0.3) is 10.6 Å². The highest BCUT2D eigenvalue weighted by molar-refractivity contribution is 7.08. The first-order valence-corrected chi connectivity index (χ1v) is 4.08. The van der Waals surface area contributed by atoms with Crippen molar-refractivity contribution >= 4 is 11.5 Å². The molecule has 0 saturated carbocycles. The van der Waals surface area contributed by atoms with Gasteiger partial charge in [-0.3, -0.25) is 0 Å². The van der Waals surface area contributed by atoms with Crippen LogP contribution >= 0.6 is 11.5 Å². The Morgan fingerprint density at radius 3 is 2.38 bits per heavy atom. The van der Waals surface area contributed by atoms with Gasteiger partial charge in [-0.15, -0.1) is 5.10 Å². The van der Waals surface area contributed by atoms with Gasteiger partial charge in [-0.2, -0.15) is 0 Å². The fourth-order valence-electron chi connectivity index (χ4n) is 0.849. The van der Waals surface area contributed by atoms with Crippen molar-refractivity contribution in [2.75, 3.05) is 0 Å². The zero-order valence-corrected chi connectivity index (χ0v) is 7.32. The van der Waals surface area contributed by atoms with Crippen LogP contribution in [0.1, 0.15) is 0 Å². The van der Waals surface area contributed by atoms with Crippen molar-refractivity contribution in [1.29, 1.82) is 0 Å². The Morgan fingerprint density at radius 1 is 1.15 bits per heavy atom. The molecule has 0 atom stereocenters. The van der Waals surface area contributed by atoms with E-state index in [2.05, 4.69) is 14.8 Å². The monoisotopic (exact) mass is 197 g/mol. The highest BCUT2D eigenvalue weighted by Crippen LogP contribution is 2.21. The first-order chi connectivity index (χ1) is 5.86. The summed E-state index contributed by atoms with van der Waals surface area (Å²) >= 11 is 1.23. The smallest absolute Gasteiger partial charge is 0.168 e. The number of nitrogens with zero attached hydrogens (tertiary/aromatic N) is 3. The Kier molecular flexibility index (Phi) is 2.88. The molecule has 0 spiro atoms. The lowest BCUT2D eigenvalue weighted by molar-refractivity contribution is 0.475. The van der Waals surface area contributed by atoms with Crippen LogP contribution in [0.2, 0.25) is 0 Å². The molecule has 2 aromatic rings. The summed E-state index contributed by atoms with van der Waals surface area (Å²) in [6.45, 7) is 0. The fourth-order valence-corrected chi connectivity index (χ4v) is 1.31. The van der Waals surface area contributed by atoms with E-state index < -0.39 is 0 Å². The standard InChI is InChI=1S/C7H5N3OS.H2O/c11-6-3-1-5(2-4-6)7-8-9-10-12-7;/h1-4,11H;1H2. The number of aromatic hydroxyl groups is 1. The minimum atomic E-state index is 0. The van der Waals surface area contributed by atoms with E-state index in [4.69, 9.17) is 5.11 Å². The maximum atomic E-state index is 9.01. The lowest BCUT2D eigenvalue weighted by Gasteiger charge is -1.93. The van der Waals surface area contributed by atoms with Crippen LogP contribution in [-0.2, 0) is 0 Å². The lowest BCUT2D eigenvalue weighted by atomic mass is 10.2. The van der Waals surface area contributed by atoms with Gasteiger partial charge in [0, 0.05) is 17.1 Å². The first-order valence-electron chi connectivity index (χ1n) is 3.31. The number of benzene rings is 1.